The van der Waals surface area contributed by atoms with Crippen LogP contribution in [0.15, 0.2) is 35.3 Å². The minimum absolute atomic E-state index is 0.000375. The van der Waals surface area contributed by atoms with E-state index in [0.29, 0.717) is 6.29 Å². The molecule has 0 atom stereocenters. The SMILES string of the molecule is CC(C)(NC(=O)O)C(=O)N1CCN(C(=O)Nc2ccn(-c3ccc(CC=O)c(F)c3)c(=O)n2)CC1. The maximum absolute atomic E-state index is 14.1. The number of urea groups is 1. The third kappa shape index (κ3) is 5.99. The summed E-state index contributed by atoms with van der Waals surface area (Å²) < 4.78 is 15.2. The lowest BCUT2D eigenvalue weighted by molar-refractivity contribution is -0.138. The number of carboxylic acid groups (broad SMARTS) is 1. The van der Waals surface area contributed by atoms with Gasteiger partial charge in [-0.3, -0.25) is 14.7 Å². The topological polar surface area (TPSA) is 154 Å². The zero-order chi connectivity index (χ0) is 25.8. The van der Waals surface area contributed by atoms with Crippen molar-refractivity contribution >= 4 is 30.1 Å². The Balaban J connectivity index is 1.61. The molecule has 0 spiro atoms. The van der Waals surface area contributed by atoms with Crippen LogP contribution in [0.4, 0.5) is 19.8 Å². The van der Waals surface area contributed by atoms with E-state index < -0.39 is 35.1 Å². The van der Waals surface area contributed by atoms with Crippen LogP contribution in [0, 0.1) is 5.82 Å². The highest BCUT2D eigenvalue weighted by atomic mass is 19.1. The molecular formula is C22H25FN6O6. The van der Waals surface area contributed by atoms with Crippen LogP contribution in [0.5, 0.6) is 0 Å². The van der Waals surface area contributed by atoms with Gasteiger partial charge >= 0.3 is 17.8 Å². The third-order valence-corrected chi connectivity index (χ3v) is 5.46. The van der Waals surface area contributed by atoms with Crippen molar-refractivity contribution in [3.05, 3.63) is 52.3 Å². The van der Waals surface area contributed by atoms with Crippen LogP contribution in [0.3, 0.4) is 0 Å². The van der Waals surface area contributed by atoms with E-state index in [1.807, 2.05) is 0 Å². The fraction of sp³-hybridized carbons (Fsp3) is 0.364. The van der Waals surface area contributed by atoms with Gasteiger partial charge in [0, 0.05) is 38.8 Å². The first-order valence-electron chi connectivity index (χ1n) is 10.7. The summed E-state index contributed by atoms with van der Waals surface area (Å²) in [5.74, 6) is -1.03. The molecule has 186 valence electrons. The average Bonchev–Trinajstić information content (AvgIpc) is 2.79. The van der Waals surface area contributed by atoms with Crippen LogP contribution >= 0.6 is 0 Å². The normalized spacial score (nSPS) is 13.8. The summed E-state index contributed by atoms with van der Waals surface area (Å²) in [5.41, 5.74) is -1.62. The third-order valence-electron chi connectivity index (χ3n) is 5.46. The van der Waals surface area contributed by atoms with E-state index in [1.54, 1.807) is 0 Å². The monoisotopic (exact) mass is 488 g/mol. The highest BCUT2D eigenvalue weighted by Crippen LogP contribution is 2.15. The largest absolute Gasteiger partial charge is 0.465 e. The molecule has 4 amide bonds. The van der Waals surface area contributed by atoms with E-state index in [0.717, 1.165) is 10.6 Å². The van der Waals surface area contributed by atoms with Crippen molar-refractivity contribution in [2.45, 2.75) is 25.8 Å². The van der Waals surface area contributed by atoms with Crippen LogP contribution in [0.1, 0.15) is 19.4 Å². The van der Waals surface area contributed by atoms with Crippen molar-refractivity contribution in [1.82, 2.24) is 24.7 Å². The molecule has 0 bridgehead atoms. The first-order valence-corrected chi connectivity index (χ1v) is 10.7. The van der Waals surface area contributed by atoms with Gasteiger partial charge in [-0.1, -0.05) is 6.07 Å². The molecule has 0 radical (unpaired) electrons. The fourth-order valence-corrected chi connectivity index (χ4v) is 3.63. The Morgan fingerprint density at radius 2 is 1.80 bits per heavy atom. The van der Waals surface area contributed by atoms with Gasteiger partial charge in [0.2, 0.25) is 5.91 Å². The van der Waals surface area contributed by atoms with Gasteiger partial charge in [0.1, 0.15) is 23.5 Å². The Morgan fingerprint density at radius 1 is 1.14 bits per heavy atom. The molecule has 0 saturated carbocycles. The average molecular weight is 488 g/mol. The second kappa shape index (κ2) is 10.3. The molecule has 0 aliphatic carbocycles. The van der Waals surface area contributed by atoms with Crippen LogP contribution in [-0.4, -0.2) is 80.5 Å². The number of aldehydes is 1. The number of hydrogen-bond acceptors (Lipinski definition) is 6. The van der Waals surface area contributed by atoms with Crippen molar-refractivity contribution in [3.8, 4) is 5.69 Å². The van der Waals surface area contributed by atoms with Crippen molar-refractivity contribution in [1.29, 1.82) is 0 Å². The van der Waals surface area contributed by atoms with Crippen LogP contribution in [0.25, 0.3) is 5.69 Å². The quantitative estimate of drug-likeness (QED) is 0.509. The summed E-state index contributed by atoms with van der Waals surface area (Å²) in [6, 6.07) is 4.88. The number of nitrogens with zero attached hydrogens (tertiary/aromatic N) is 4. The molecule has 3 rings (SSSR count). The minimum Gasteiger partial charge on any atom is -0.465 e. The first kappa shape index (κ1) is 25.3. The van der Waals surface area contributed by atoms with Gasteiger partial charge in [0.05, 0.1) is 5.69 Å². The Labute approximate surface area is 199 Å². The Morgan fingerprint density at radius 3 is 2.37 bits per heavy atom. The van der Waals surface area contributed by atoms with Crippen molar-refractivity contribution in [2.75, 3.05) is 31.5 Å². The lowest BCUT2D eigenvalue weighted by Gasteiger charge is -2.38. The van der Waals surface area contributed by atoms with E-state index in [-0.39, 0.29) is 49.7 Å². The van der Waals surface area contributed by atoms with Crippen LogP contribution in [-0.2, 0) is 16.0 Å². The smallest absolute Gasteiger partial charge is 0.405 e. The second-order valence-electron chi connectivity index (χ2n) is 8.38. The molecule has 12 nitrogen and oxygen atoms in total. The molecule has 1 saturated heterocycles. The molecule has 2 aromatic rings. The number of aromatic nitrogens is 2. The number of amides is 4. The predicted octanol–water partition coefficient (Wildman–Crippen LogP) is 0.835. The number of piperazine rings is 1. The zero-order valence-corrected chi connectivity index (χ0v) is 19.2. The van der Waals surface area contributed by atoms with E-state index >= 15 is 0 Å². The summed E-state index contributed by atoms with van der Waals surface area (Å²) in [6.07, 6.45) is 0.533. The van der Waals surface area contributed by atoms with Crippen molar-refractivity contribution < 1.29 is 28.7 Å². The number of benzene rings is 1. The van der Waals surface area contributed by atoms with Gasteiger partial charge in [0.25, 0.3) is 0 Å². The maximum Gasteiger partial charge on any atom is 0.405 e. The van der Waals surface area contributed by atoms with E-state index in [9.17, 15) is 28.4 Å². The number of rotatable bonds is 6. The summed E-state index contributed by atoms with van der Waals surface area (Å²) in [7, 11) is 0. The van der Waals surface area contributed by atoms with E-state index in [1.165, 1.54) is 48.0 Å². The van der Waals surface area contributed by atoms with Gasteiger partial charge in [0.15, 0.2) is 0 Å². The fourth-order valence-electron chi connectivity index (χ4n) is 3.63. The van der Waals surface area contributed by atoms with Crippen molar-refractivity contribution in [2.24, 2.45) is 0 Å². The molecule has 35 heavy (non-hydrogen) atoms. The zero-order valence-electron chi connectivity index (χ0n) is 19.2. The van der Waals surface area contributed by atoms with Gasteiger partial charge in [-0.05, 0) is 37.6 Å². The summed E-state index contributed by atoms with van der Waals surface area (Å²) in [4.78, 5) is 65.8. The molecule has 1 aromatic heterocycles. The Kier molecular flexibility index (Phi) is 7.47. The number of carbonyl (C=O) groups is 4. The molecule has 3 N–H and O–H groups in total. The van der Waals surface area contributed by atoms with Crippen molar-refractivity contribution in [3.63, 3.8) is 0 Å². The Bertz CT molecular complexity index is 1210. The summed E-state index contributed by atoms with van der Waals surface area (Å²) in [6.45, 7) is 3.73. The van der Waals surface area contributed by atoms with Gasteiger partial charge in [-0.2, -0.15) is 4.98 Å². The van der Waals surface area contributed by atoms with Gasteiger partial charge in [-0.25, -0.2) is 18.8 Å². The number of nitrogens with one attached hydrogen (secondary N) is 2. The summed E-state index contributed by atoms with van der Waals surface area (Å²) >= 11 is 0. The standard InChI is InChI=1S/C22H25FN6O6/c1-22(2,26-21(34)35)18(31)27-8-10-28(11-9-27)19(32)24-17-5-7-29(20(33)25-17)15-4-3-14(6-12-30)16(23)13-15/h3-5,7,12-13,26H,6,8-11H2,1-2H3,(H,34,35)(H,24,25,32,33). The number of carbonyl (C=O) groups excluding carboxylic acids is 3. The molecule has 1 aliphatic heterocycles. The molecule has 1 fully saturated rings. The number of hydrogen-bond donors (Lipinski definition) is 3. The van der Waals surface area contributed by atoms with E-state index in [4.69, 9.17) is 5.11 Å². The summed E-state index contributed by atoms with van der Waals surface area (Å²) in [5, 5.41) is 13.6. The molecular weight excluding hydrogens is 463 g/mol. The lowest BCUT2D eigenvalue weighted by atomic mass is 10.0. The lowest BCUT2D eigenvalue weighted by Crippen LogP contribution is -2.60. The molecule has 0 unspecified atom stereocenters. The minimum atomic E-state index is -1.31. The van der Waals surface area contributed by atoms with E-state index in [2.05, 4.69) is 15.6 Å². The molecule has 2 heterocycles. The number of halogens is 1. The second-order valence-corrected chi connectivity index (χ2v) is 8.38. The molecule has 13 heteroatoms. The van der Waals surface area contributed by atoms with Gasteiger partial charge < -0.3 is 25.0 Å². The maximum atomic E-state index is 14.1. The first-order chi connectivity index (χ1) is 16.5. The highest BCUT2D eigenvalue weighted by molar-refractivity contribution is 5.90. The predicted molar refractivity (Wildman–Crippen MR) is 122 cm³/mol. The Hall–Kier alpha value is -4.29. The van der Waals surface area contributed by atoms with Gasteiger partial charge in [-0.15, -0.1) is 0 Å². The highest BCUT2D eigenvalue weighted by Gasteiger charge is 2.35. The van der Waals surface area contributed by atoms with Crippen LogP contribution in [0.2, 0.25) is 0 Å². The molecule has 1 aromatic carbocycles. The molecule has 1 aliphatic rings. The number of anilines is 1. The van der Waals surface area contributed by atoms with Crippen LogP contribution < -0.4 is 16.3 Å².